The monoisotopic (exact) mass is 320 g/mol. The van der Waals surface area contributed by atoms with E-state index in [2.05, 4.69) is 15.2 Å². The van der Waals surface area contributed by atoms with Crippen LogP contribution in [0.5, 0.6) is 0 Å². The predicted molar refractivity (Wildman–Crippen MR) is 89.5 cm³/mol. The van der Waals surface area contributed by atoms with E-state index in [9.17, 15) is 4.79 Å². The molecule has 22 heavy (non-hydrogen) atoms. The molecule has 2 heterocycles. The molecule has 1 amide bonds. The number of morpholine rings is 1. The zero-order valence-corrected chi connectivity index (χ0v) is 13.4. The van der Waals surface area contributed by atoms with Gasteiger partial charge in [0.15, 0.2) is 5.13 Å². The van der Waals surface area contributed by atoms with Crippen LogP contribution >= 0.6 is 11.3 Å². The highest BCUT2D eigenvalue weighted by atomic mass is 32.1. The van der Waals surface area contributed by atoms with Gasteiger partial charge >= 0.3 is 0 Å². The Morgan fingerprint density at radius 1 is 1.50 bits per heavy atom. The van der Waals surface area contributed by atoms with Gasteiger partial charge in [-0.1, -0.05) is 18.3 Å². The number of carbonyl (C=O) groups is 1. The fourth-order valence-corrected chi connectivity index (χ4v) is 3.31. The number of carbonyl (C=O) groups excluding carboxylic acids is 1. The fourth-order valence-electron chi connectivity index (χ4n) is 2.25. The van der Waals surface area contributed by atoms with E-state index >= 15 is 0 Å². The Morgan fingerprint density at radius 2 is 2.27 bits per heavy atom. The molecule has 6 nitrogen and oxygen atoms in total. The minimum absolute atomic E-state index is 0.0558. The average Bonchev–Trinajstić information content (AvgIpc) is 2.98. The van der Waals surface area contributed by atoms with E-state index in [0.717, 1.165) is 47.3 Å². The number of thiazole rings is 1. The third kappa shape index (κ3) is 3.21. The van der Waals surface area contributed by atoms with Gasteiger partial charge in [-0.05, 0) is 18.2 Å². The van der Waals surface area contributed by atoms with Crippen LogP contribution in [0, 0.1) is 5.92 Å². The molecule has 1 unspecified atom stereocenters. The molecule has 1 aromatic carbocycles. The number of hydrogen-bond acceptors (Lipinski definition) is 6. The second kappa shape index (κ2) is 6.60. The van der Waals surface area contributed by atoms with Crippen molar-refractivity contribution in [3.05, 3.63) is 18.2 Å². The zero-order chi connectivity index (χ0) is 15.5. The molecule has 0 spiro atoms. The Bertz CT molecular complexity index is 667. The van der Waals surface area contributed by atoms with Crippen molar-refractivity contribution in [3.8, 4) is 0 Å². The van der Waals surface area contributed by atoms with Crippen molar-refractivity contribution in [1.82, 2.24) is 4.98 Å². The van der Waals surface area contributed by atoms with Gasteiger partial charge < -0.3 is 20.7 Å². The average molecular weight is 320 g/mol. The number of benzene rings is 1. The predicted octanol–water partition coefficient (Wildman–Crippen LogP) is 1.67. The molecule has 0 radical (unpaired) electrons. The number of nitrogens with one attached hydrogen (secondary N) is 1. The largest absolute Gasteiger partial charge is 0.378 e. The van der Waals surface area contributed by atoms with E-state index in [1.54, 1.807) is 11.3 Å². The molecule has 3 rings (SSSR count). The first kappa shape index (κ1) is 15.2. The van der Waals surface area contributed by atoms with Crippen LogP contribution in [0.1, 0.15) is 6.92 Å². The summed E-state index contributed by atoms with van der Waals surface area (Å²) < 4.78 is 6.44. The Labute approximate surface area is 133 Å². The van der Waals surface area contributed by atoms with E-state index in [-0.39, 0.29) is 11.8 Å². The van der Waals surface area contributed by atoms with Crippen LogP contribution < -0.4 is 16.0 Å². The SMILES string of the molecule is CC(CN)C(=O)Nc1ccc2nc(N3CCOCC3)sc2c1. The number of hydrogen-bond donors (Lipinski definition) is 2. The van der Waals surface area contributed by atoms with Crippen LogP contribution in [0.2, 0.25) is 0 Å². The molecule has 1 atom stereocenters. The Morgan fingerprint density at radius 3 is 3.00 bits per heavy atom. The molecule has 7 heteroatoms. The van der Waals surface area contributed by atoms with Crippen LogP contribution in [0.25, 0.3) is 10.2 Å². The van der Waals surface area contributed by atoms with Crippen LogP contribution in [0.3, 0.4) is 0 Å². The van der Waals surface area contributed by atoms with Gasteiger partial charge in [-0.25, -0.2) is 4.98 Å². The van der Waals surface area contributed by atoms with Crippen LogP contribution in [-0.4, -0.2) is 43.7 Å². The third-order valence-corrected chi connectivity index (χ3v) is 4.81. The molecule has 1 aliphatic heterocycles. The number of ether oxygens (including phenoxy) is 1. The summed E-state index contributed by atoms with van der Waals surface area (Å²) in [5.41, 5.74) is 7.26. The summed E-state index contributed by atoms with van der Waals surface area (Å²) in [6.07, 6.45) is 0. The molecule has 1 aliphatic rings. The second-order valence-corrected chi connectivity index (χ2v) is 6.41. The van der Waals surface area contributed by atoms with Crippen molar-refractivity contribution < 1.29 is 9.53 Å². The first-order valence-corrected chi connectivity index (χ1v) is 8.23. The molecule has 2 aromatic rings. The maximum atomic E-state index is 11.9. The molecular weight excluding hydrogens is 300 g/mol. The van der Waals surface area contributed by atoms with Gasteiger partial charge in [0.05, 0.1) is 23.4 Å². The molecule has 0 bridgehead atoms. The van der Waals surface area contributed by atoms with Crippen molar-refractivity contribution >= 4 is 38.3 Å². The lowest BCUT2D eigenvalue weighted by Gasteiger charge is -2.25. The topological polar surface area (TPSA) is 80.5 Å². The second-order valence-electron chi connectivity index (χ2n) is 5.40. The van der Waals surface area contributed by atoms with Gasteiger partial charge in [0.2, 0.25) is 5.91 Å². The van der Waals surface area contributed by atoms with Crippen molar-refractivity contribution in [2.75, 3.05) is 43.1 Å². The lowest BCUT2D eigenvalue weighted by Crippen LogP contribution is -2.36. The van der Waals surface area contributed by atoms with Gasteiger partial charge in [0.25, 0.3) is 0 Å². The number of rotatable bonds is 4. The van der Waals surface area contributed by atoms with Gasteiger partial charge in [0.1, 0.15) is 0 Å². The molecule has 3 N–H and O–H groups in total. The van der Waals surface area contributed by atoms with Gasteiger partial charge in [-0.2, -0.15) is 0 Å². The number of nitrogens with two attached hydrogens (primary N) is 1. The third-order valence-electron chi connectivity index (χ3n) is 3.73. The molecule has 1 saturated heterocycles. The minimum atomic E-state index is -0.193. The lowest BCUT2D eigenvalue weighted by atomic mass is 10.1. The van der Waals surface area contributed by atoms with E-state index in [4.69, 9.17) is 10.5 Å². The van der Waals surface area contributed by atoms with Gasteiger partial charge in [-0.3, -0.25) is 4.79 Å². The molecule has 1 aromatic heterocycles. The highest BCUT2D eigenvalue weighted by Crippen LogP contribution is 2.31. The van der Waals surface area contributed by atoms with Gasteiger partial charge in [0, 0.05) is 31.2 Å². The summed E-state index contributed by atoms with van der Waals surface area (Å²) in [6, 6.07) is 5.79. The quantitative estimate of drug-likeness (QED) is 0.895. The van der Waals surface area contributed by atoms with Crippen molar-refractivity contribution in [1.29, 1.82) is 0 Å². The van der Waals surface area contributed by atoms with E-state index in [1.807, 2.05) is 25.1 Å². The molecule has 0 aliphatic carbocycles. The van der Waals surface area contributed by atoms with E-state index in [1.165, 1.54) is 0 Å². The minimum Gasteiger partial charge on any atom is -0.378 e. The van der Waals surface area contributed by atoms with E-state index < -0.39 is 0 Å². The summed E-state index contributed by atoms with van der Waals surface area (Å²) in [7, 11) is 0. The van der Waals surface area contributed by atoms with Crippen molar-refractivity contribution in [2.24, 2.45) is 11.7 Å². The molecule has 0 saturated carbocycles. The summed E-state index contributed by atoms with van der Waals surface area (Å²) in [5.74, 6) is -0.249. The number of aromatic nitrogens is 1. The number of amides is 1. The van der Waals surface area contributed by atoms with Crippen molar-refractivity contribution in [3.63, 3.8) is 0 Å². The highest BCUT2D eigenvalue weighted by molar-refractivity contribution is 7.22. The zero-order valence-electron chi connectivity index (χ0n) is 12.5. The standard InChI is InChI=1S/C15H20N4O2S/c1-10(9-16)14(20)17-11-2-3-12-13(8-11)22-15(18-12)19-4-6-21-7-5-19/h2-3,8,10H,4-7,9,16H2,1H3,(H,17,20). The smallest absolute Gasteiger partial charge is 0.228 e. The Balaban J connectivity index is 1.79. The normalized spacial score (nSPS) is 16.7. The number of nitrogens with zero attached hydrogens (tertiary/aromatic N) is 2. The fraction of sp³-hybridized carbons (Fsp3) is 0.467. The lowest BCUT2D eigenvalue weighted by molar-refractivity contribution is -0.119. The Kier molecular flexibility index (Phi) is 4.56. The van der Waals surface area contributed by atoms with Crippen LogP contribution in [0.4, 0.5) is 10.8 Å². The summed E-state index contributed by atoms with van der Waals surface area (Å²) in [5, 5.41) is 3.91. The first-order valence-electron chi connectivity index (χ1n) is 7.41. The van der Waals surface area contributed by atoms with Gasteiger partial charge in [-0.15, -0.1) is 0 Å². The highest BCUT2D eigenvalue weighted by Gasteiger charge is 2.16. The van der Waals surface area contributed by atoms with Crippen LogP contribution in [0.15, 0.2) is 18.2 Å². The van der Waals surface area contributed by atoms with Crippen molar-refractivity contribution in [2.45, 2.75) is 6.92 Å². The Hall–Kier alpha value is -1.70. The summed E-state index contributed by atoms with van der Waals surface area (Å²) in [4.78, 5) is 18.8. The molecular formula is C15H20N4O2S. The maximum Gasteiger partial charge on any atom is 0.228 e. The summed E-state index contributed by atoms with van der Waals surface area (Å²) >= 11 is 1.64. The van der Waals surface area contributed by atoms with Crippen LogP contribution in [-0.2, 0) is 9.53 Å². The number of fused-ring (bicyclic) bond motifs is 1. The number of anilines is 2. The van der Waals surface area contributed by atoms with E-state index in [0.29, 0.717) is 6.54 Å². The first-order chi connectivity index (χ1) is 10.7. The molecule has 1 fully saturated rings. The maximum absolute atomic E-state index is 11.9. The summed E-state index contributed by atoms with van der Waals surface area (Å²) in [6.45, 7) is 5.39. The molecule has 118 valence electrons.